The van der Waals surface area contributed by atoms with Gasteiger partial charge in [0.2, 0.25) is 0 Å². The summed E-state index contributed by atoms with van der Waals surface area (Å²) >= 11 is 0. The molecule has 0 radical (unpaired) electrons. The van der Waals surface area contributed by atoms with Crippen LogP contribution in [0.25, 0.3) is 0 Å². The van der Waals surface area contributed by atoms with Crippen molar-refractivity contribution >= 4 is 21.6 Å². The second kappa shape index (κ2) is 15.7. The number of ether oxygens (including phenoxy) is 2. The van der Waals surface area contributed by atoms with Gasteiger partial charge >= 0.3 is 0 Å². The van der Waals surface area contributed by atoms with E-state index in [2.05, 4.69) is 40.7 Å². The van der Waals surface area contributed by atoms with Gasteiger partial charge in [-0.25, -0.2) is 4.98 Å². The lowest BCUT2D eigenvalue weighted by Gasteiger charge is -2.36. The van der Waals surface area contributed by atoms with E-state index in [0.717, 1.165) is 25.8 Å². The quantitative estimate of drug-likeness (QED) is 0.357. The highest BCUT2D eigenvalue weighted by Gasteiger charge is 2.31. The molecule has 4 rings (SSSR count). The average Bonchev–Trinajstić information content (AvgIpc) is 3.46. The molecular weight excluding hydrogens is 594 g/mol. The molecule has 0 bridgehead atoms. The number of benzene rings is 2. The van der Waals surface area contributed by atoms with Crippen LogP contribution in [-0.4, -0.2) is 90.4 Å². The van der Waals surface area contributed by atoms with E-state index in [0.29, 0.717) is 25.4 Å². The van der Waals surface area contributed by atoms with Crippen LogP contribution in [0.15, 0.2) is 66.1 Å². The number of anilines is 1. The Morgan fingerprint density at radius 1 is 1.16 bits per heavy atom. The maximum atomic E-state index is 14.3. The molecule has 1 amide bonds. The van der Waals surface area contributed by atoms with Crippen molar-refractivity contribution in [1.29, 1.82) is 0 Å². The first kappa shape index (κ1) is 34.4. The average molecular weight is 642 g/mol. The fourth-order valence-corrected chi connectivity index (χ4v) is 6.48. The first-order valence-electron chi connectivity index (χ1n) is 15.5. The van der Waals surface area contributed by atoms with E-state index in [1.807, 2.05) is 25.1 Å². The highest BCUT2D eigenvalue weighted by molar-refractivity contribution is 7.92. The minimum Gasteiger partial charge on any atom is -0.490 e. The molecule has 12 heteroatoms. The molecule has 1 aliphatic heterocycles. The molecule has 2 aromatic carbocycles. The number of nitrogens with zero attached hydrogens (tertiary/aromatic N) is 4. The van der Waals surface area contributed by atoms with Gasteiger partial charge in [-0.05, 0) is 63.9 Å². The van der Waals surface area contributed by atoms with Gasteiger partial charge < -0.3 is 24.0 Å². The van der Waals surface area contributed by atoms with Crippen LogP contribution in [0.3, 0.4) is 0 Å². The largest absolute Gasteiger partial charge is 0.490 e. The summed E-state index contributed by atoms with van der Waals surface area (Å²) in [6, 6.07) is 14.5. The Balaban J connectivity index is 1.64. The van der Waals surface area contributed by atoms with Gasteiger partial charge in [0.1, 0.15) is 5.75 Å². The molecule has 1 aromatic heterocycles. The summed E-state index contributed by atoms with van der Waals surface area (Å²) in [5.41, 5.74) is 1.63. The lowest BCUT2D eigenvalue weighted by Crippen LogP contribution is -2.47. The lowest BCUT2D eigenvalue weighted by atomic mass is 10.0. The number of aromatic nitrogens is 2. The van der Waals surface area contributed by atoms with Crippen LogP contribution in [0.4, 0.5) is 5.69 Å². The van der Waals surface area contributed by atoms with Crippen molar-refractivity contribution < 1.29 is 27.8 Å². The summed E-state index contributed by atoms with van der Waals surface area (Å²) in [4.78, 5) is 22.1. The van der Waals surface area contributed by atoms with Gasteiger partial charge in [0.15, 0.2) is 5.03 Å². The summed E-state index contributed by atoms with van der Waals surface area (Å²) in [7, 11) is -0.239. The van der Waals surface area contributed by atoms with Crippen LogP contribution in [0.1, 0.15) is 56.0 Å². The van der Waals surface area contributed by atoms with Crippen molar-refractivity contribution in [3.63, 3.8) is 0 Å². The predicted molar refractivity (Wildman–Crippen MR) is 174 cm³/mol. The number of aliphatic hydroxyl groups is 1. The highest BCUT2D eigenvalue weighted by Crippen LogP contribution is 2.29. The second-order valence-electron chi connectivity index (χ2n) is 12.2. The topological polar surface area (TPSA) is 126 Å². The number of likely N-dealkylation sites (N-methyl/N-ethyl adjacent to an activating group) is 1. The van der Waals surface area contributed by atoms with Crippen LogP contribution >= 0.6 is 0 Å². The SMILES string of the molecule is C[C@@H]1CN([C@H](C)CO)C(=O)c2cc(NS(=O)(=O)c3cn(C)cn3)ccc2O[C@@H](C)CCCCO[C@@H]1CN(C)Cc1ccccc1. The zero-order chi connectivity index (χ0) is 32.6. The minimum atomic E-state index is -3.99. The number of hydrogen-bond donors (Lipinski definition) is 2. The lowest BCUT2D eigenvalue weighted by molar-refractivity contribution is -0.0177. The summed E-state index contributed by atoms with van der Waals surface area (Å²) in [6.45, 7) is 7.93. The number of sulfonamides is 1. The summed E-state index contributed by atoms with van der Waals surface area (Å²) in [5.74, 6) is -0.0697. The molecule has 0 saturated carbocycles. The number of carbonyl (C=O) groups excluding carboxylic acids is 1. The van der Waals surface area contributed by atoms with Crippen LogP contribution in [0.2, 0.25) is 0 Å². The second-order valence-corrected chi connectivity index (χ2v) is 13.8. The smallest absolute Gasteiger partial charge is 0.280 e. The van der Waals surface area contributed by atoms with Gasteiger partial charge in [-0.1, -0.05) is 37.3 Å². The molecule has 246 valence electrons. The van der Waals surface area contributed by atoms with Crippen molar-refractivity contribution in [2.24, 2.45) is 13.0 Å². The normalized spacial score (nSPS) is 21.1. The molecule has 0 aliphatic carbocycles. The molecule has 4 atom stereocenters. The van der Waals surface area contributed by atoms with E-state index < -0.39 is 16.1 Å². The third-order valence-corrected chi connectivity index (χ3v) is 9.31. The summed E-state index contributed by atoms with van der Waals surface area (Å²) < 4.78 is 42.9. The zero-order valence-corrected chi connectivity index (χ0v) is 27.7. The summed E-state index contributed by atoms with van der Waals surface area (Å²) in [5, 5.41) is 10.1. The van der Waals surface area contributed by atoms with Gasteiger partial charge in [0, 0.05) is 51.1 Å². The number of aliphatic hydroxyl groups excluding tert-OH is 1. The fraction of sp³-hybridized carbons (Fsp3) is 0.515. The third kappa shape index (κ3) is 9.52. The molecule has 0 spiro atoms. The zero-order valence-electron chi connectivity index (χ0n) is 26.9. The molecule has 2 heterocycles. The maximum absolute atomic E-state index is 14.3. The Labute approximate surface area is 267 Å². The van der Waals surface area contributed by atoms with Crippen molar-refractivity contribution in [1.82, 2.24) is 19.4 Å². The highest BCUT2D eigenvalue weighted by atomic mass is 32.2. The molecule has 0 fully saturated rings. The van der Waals surface area contributed by atoms with Crippen molar-refractivity contribution in [2.45, 2.75) is 69.9 Å². The van der Waals surface area contributed by atoms with Crippen LogP contribution in [0.5, 0.6) is 5.75 Å². The molecule has 11 nitrogen and oxygen atoms in total. The van der Waals surface area contributed by atoms with Gasteiger partial charge in [0.05, 0.1) is 36.7 Å². The first-order chi connectivity index (χ1) is 21.5. The van der Waals surface area contributed by atoms with Crippen molar-refractivity contribution in [3.8, 4) is 5.75 Å². The van der Waals surface area contributed by atoms with Crippen LogP contribution < -0.4 is 9.46 Å². The van der Waals surface area contributed by atoms with Gasteiger partial charge in [-0.15, -0.1) is 0 Å². The molecule has 2 N–H and O–H groups in total. The van der Waals surface area contributed by atoms with Gasteiger partial charge in [-0.3, -0.25) is 14.4 Å². The molecule has 1 aliphatic rings. The van der Waals surface area contributed by atoms with Gasteiger partial charge in [0.25, 0.3) is 15.9 Å². The summed E-state index contributed by atoms with van der Waals surface area (Å²) in [6.07, 6.45) is 4.98. The maximum Gasteiger partial charge on any atom is 0.280 e. The number of rotatable bonds is 9. The Morgan fingerprint density at radius 3 is 2.60 bits per heavy atom. The molecular formula is C33H47N5O6S. The van der Waals surface area contributed by atoms with Crippen molar-refractivity contribution in [3.05, 3.63) is 72.2 Å². The standard InChI is InChI=1S/C33H47N5O6S/c1-24-18-38(25(2)22-39)33(40)29-17-28(35-45(41,42)32-21-37(5)23-34-32)14-15-30(29)44-26(3)11-9-10-16-43-31(24)20-36(4)19-27-12-7-6-8-13-27/h6-8,12-15,17,21,23-26,31,35,39H,9-11,16,18-20,22H2,1-5H3/t24-,25-,26+,31-/m1/s1. The Kier molecular flexibility index (Phi) is 12.0. The van der Waals surface area contributed by atoms with E-state index in [9.17, 15) is 18.3 Å². The predicted octanol–water partition coefficient (Wildman–Crippen LogP) is 4.15. The minimum absolute atomic E-state index is 0.0711. The Morgan fingerprint density at radius 2 is 1.91 bits per heavy atom. The van der Waals surface area contributed by atoms with Crippen LogP contribution in [-0.2, 0) is 28.4 Å². The molecule has 3 aromatic rings. The van der Waals surface area contributed by atoms with E-state index in [-0.39, 0.29) is 46.9 Å². The molecule has 0 unspecified atom stereocenters. The Hall–Kier alpha value is -3.45. The van der Waals surface area contributed by atoms with Gasteiger partial charge in [-0.2, -0.15) is 8.42 Å². The van der Waals surface area contributed by atoms with E-state index in [4.69, 9.17) is 9.47 Å². The monoisotopic (exact) mass is 641 g/mol. The number of fused-ring (bicyclic) bond motifs is 1. The third-order valence-electron chi connectivity index (χ3n) is 8.05. The van der Waals surface area contributed by atoms with Crippen LogP contribution in [0, 0.1) is 5.92 Å². The molecule has 0 saturated heterocycles. The number of amides is 1. The number of hydrogen-bond acceptors (Lipinski definition) is 8. The number of imidazole rings is 1. The van der Waals surface area contributed by atoms with E-state index in [1.54, 1.807) is 35.6 Å². The van der Waals surface area contributed by atoms with Crippen molar-refractivity contribution in [2.75, 3.05) is 38.1 Å². The Bertz CT molecular complexity index is 1500. The number of nitrogens with one attached hydrogen (secondary N) is 1. The van der Waals surface area contributed by atoms with E-state index >= 15 is 0 Å². The first-order valence-corrected chi connectivity index (χ1v) is 17.0. The molecule has 45 heavy (non-hydrogen) atoms. The number of carbonyl (C=O) groups is 1. The number of aryl methyl sites for hydroxylation is 1. The van der Waals surface area contributed by atoms with E-state index in [1.165, 1.54) is 24.2 Å². The fourth-order valence-electron chi connectivity index (χ4n) is 5.45.